The van der Waals surface area contributed by atoms with Crippen LogP contribution in [-0.4, -0.2) is 154 Å². The smallest absolute Gasteiger partial charge is 0.187 e. The molecule has 0 spiro atoms. The van der Waals surface area contributed by atoms with Crippen molar-refractivity contribution in [2.45, 2.75) is 172 Å². The first-order valence-corrected chi connectivity index (χ1v) is 20.8. The maximum atomic E-state index is 12.5. The van der Waals surface area contributed by atoms with Crippen LogP contribution in [0.2, 0.25) is 0 Å². The first-order valence-electron chi connectivity index (χ1n) is 20.8. The molecule has 4 aliphatic carbocycles. The van der Waals surface area contributed by atoms with Crippen LogP contribution in [0.3, 0.4) is 0 Å². The van der Waals surface area contributed by atoms with Gasteiger partial charge in [0.05, 0.1) is 31.5 Å². The summed E-state index contributed by atoms with van der Waals surface area (Å²) in [5, 5.41) is 87.9. The molecule has 2 aliphatic heterocycles. The van der Waals surface area contributed by atoms with Gasteiger partial charge in [0.15, 0.2) is 12.6 Å². The fourth-order valence-corrected chi connectivity index (χ4v) is 11.8. The molecular formula is C42H70O14. The molecule has 0 aromatic rings. The van der Waals surface area contributed by atoms with Crippen molar-refractivity contribution in [3.05, 3.63) is 23.3 Å². The van der Waals surface area contributed by atoms with Gasteiger partial charge in [-0.05, 0) is 97.4 Å². The van der Waals surface area contributed by atoms with Gasteiger partial charge in [-0.3, -0.25) is 0 Å². The van der Waals surface area contributed by atoms with Crippen LogP contribution in [0.5, 0.6) is 0 Å². The number of methoxy groups -OCH3 is 2. The molecule has 6 rings (SSSR count). The highest BCUT2D eigenvalue weighted by Crippen LogP contribution is 2.67. The third-order valence-corrected chi connectivity index (χ3v) is 15.1. The largest absolute Gasteiger partial charge is 0.394 e. The number of aliphatic hydroxyl groups excluding tert-OH is 8. The molecule has 14 heteroatoms. The second-order valence-electron chi connectivity index (χ2n) is 18.6. The van der Waals surface area contributed by atoms with Crippen LogP contribution in [-0.2, 0) is 28.4 Å². The second-order valence-corrected chi connectivity index (χ2v) is 18.6. The number of allylic oxidation sites excluding steroid dienone is 1. The van der Waals surface area contributed by atoms with Crippen LogP contribution < -0.4 is 0 Å². The van der Waals surface area contributed by atoms with Crippen LogP contribution in [0, 0.1) is 40.4 Å². The Kier molecular flexibility index (Phi) is 13.9. The third-order valence-electron chi connectivity index (χ3n) is 15.1. The highest BCUT2D eigenvalue weighted by molar-refractivity contribution is 5.40. The standard InChI is InChI=1S/C42H70O14/c1-19(2)20(3)9-10-21(4)30-28(53-39-33(49)32(48)35(54-39)27(46)18-51-7)16-24-29-23(12-14-42(24,30)6)41(5)13-11-22(44)15-25(41)31(47)37(29)56-40-34(50)38(52-8)36(55-40)26(45)17-43/h19,21-23,25-28,30-40,43-50H,3,9-18H2,1-2,4-8H3. The summed E-state index contributed by atoms with van der Waals surface area (Å²) in [7, 11) is 2.82. The topological polar surface area (TPSA) is 217 Å². The van der Waals surface area contributed by atoms with Crippen LogP contribution in [0.25, 0.3) is 0 Å². The maximum Gasteiger partial charge on any atom is 0.187 e. The van der Waals surface area contributed by atoms with Crippen molar-refractivity contribution in [3.8, 4) is 0 Å². The molecule has 14 nitrogen and oxygen atoms in total. The molecule has 0 aromatic carbocycles. The van der Waals surface area contributed by atoms with E-state index in [0.717, 1.165) is 42.4 Å². The minimum atomic E-state index is -1.41. The number of ether oxygens (including phenoxy) is 6. The molecule has 2 heterocycles. The van der Waals surface area contributed by atoms with Gasteiger partial charge in [-0.15, -0.1) is 0 Å². The van der Waals surface area contributed by atoms with Gasteiger partial charge in [0.25, 0.3) is 0 Å². The van der Waals surface area contributed by atoms with Gasteiger partial charge in [-0.1, -0.05) is 52.3 Å². The Bertz CT molecular complexity index is 1390. The summed E-state index contributed by atoms with van der Waals surface area (Å²) in [4.78, 5) is 0. The van der Waals surface area contributed by atoms with E-state index >= 15 is 0 Å². The van der Waals surface area contributed by atoms with Crippen molar-refractivity contribution in [2.75, 3.05) is 27.4 Å². The van der Waals surface area contributed by atoms with Crippen molar-refractivity contribution in [3.63, 3.8) is 0 Å². The van der Waals surface area contributed by atoms with E-state index in [-0.39, 0.29) is 35.7 Å². The summed E-state index contributed by atoms with van der Waals surface area (Å²) in [6, 6.07) is 0. The molecule has 20 atom stereocenters. The predicted octanol–water partition coefficient (Wildman–Crippen LogP) is 1.57. The van der Waals surface area contributed by atoms with Gasteiger partial charge in [0.2, 0.25) is 0 Å². The summed E-state index contributed by atoms with van der Waals surface area (Å²) in [6.45, 7) is 14.6. The highest BCUT2D eigenvalue weighted by atomic mass is 16.7. The highest BCUT2D eigenvalue weighted by Gasteiger charge is 2.64. The summed E-state index contributed by atoms with van der Waals surface area (Å²) in [5.41, 5.74) is 2.36. The summed E-state index contributed by atoms with van der Waals surface area (Å²) >= 11 is 0. The van der Waals surface area contributed by atoms with Crippen LogP contribution in [0.4, 0.5) is 0 Å². The molecule has 2 saturated heterocycles. The van der Waals surface area contributed by atoms with Crippen LogP contribution >= 0.6 is 0 Å². The molecule has 0 bridgehead atoms. The zero-order chi connectivity index (χ0) is 41.0. The quantitative estimate of drug-likeness (QED) is 0.111. The van der Waals surface area contributed by atoms with Crippen molar-refractivity contribution >= 4 is 0 Å². The lowest BCUT2D eigenvalue weighted by molar-refractivity contribution is -0.236. The molecule has 0 amide bonds. The molecule has 5 fully saturated rings. The van der Waals surface area contributed by atoms with Gasteiger partial charge in [-0.2, -0.15) is 0 Å². The number of rotatable bonds is 15. The van der Waals surface area contributed by atoms with Gasteiger partial charge >= 0.3 is 0 Å². The lowest BCUT2D eigenvalue weighted by atomic mass is 9.47. The molecule has 322 valence electrons. The number of fused-ring (bicyclic) bond motifs is 4. The second kappa shape index (κ2) is 17.5. The van der Waals surface area contributed by atoms with Crippen LogP contribution in [0.1, 0.15) is 86.0 Å². The average Bonchev–Trinajstić information content (AvgIpc) is 3.75. The van der Waals surface area contributed by atoms with Gasteiger partial charge in [0.1, 0.15) is 54.9 Å². The molecule has 0 aromatic heterocycles. The van der Waals surface area contributed by atoms with Gasteiger partial charge < -0.3 is 69.3 Å². The Morgan fingerprint density at radius 1 is 0.875 bits per heavy atom. The van der Waals surface area contributed by atoms with Crippen LogP contribution in [0.15, 0.2) is 23.3 Å². The first kappa shape index (κ1) is 44.5. The molecule has 56 heavy (non-hydrogen) atoms. The van der Waals surface area contributed by atoms with E-state index in [9.17, 15) is 40.9 Å². The lowest BCUT2D eigenvalue weighted by Gasteiger charge is -2.60. The van der Waals surface area contributed by atoms with Gasteiger partial charge in [-0.25, -0.2) is 0 Å². The number of hydrogen-bond donors (Lipinski definition) is 8. The Balaban J connectivity index is 1.42. The third kappa shape index (κ3) is 7.84. The zero-order valence-electron chi connectivity index (χ0n) is 34.3. The van der Waals surface area contributed by atoms with Crippen molar-refractivity contribution in [1.82, 2.24) is 0 Å². The van der Waals surface area contributed by atoms with E-state index in [1.165, 1.54) is 14.2 Å². The molecule has 0 radical (unpaired) electrons. The molecular weight excluding hydrogens is 728 g/mol. The fraction of sp³-hybridized carbons (Fsp3) is 0.905. The Morgan fingerprint density at radius 2 is 1.55 bits per heavy atom. The average molecular weight is 799 g/mol. The Morgan fingerprint density at radius 3 is 2.20 bits per heavy atom. The summed E-state index contributed by atoms with van der Waals surface area (Å²) in [6.07, 6.45) is -10.0. The zero-order valence-corrected chi connectivity index (χ0v) is 34.3. The summed E-state index contributed by atoms with van der Waals surface area (Å²) in [5.74, 6) is 0.000985. The Labute approximate surface area is 331 Å². The van der Waals surface area contributed by atoms with Crippen molar-refractivity contribution < 1.29 is 69.3 Å². The van der Waals surface area contributed by atoms with Crippen molar-refractivity contribution in [2.24, 2.45) is 40.4 Å². The van der Waals surface area contributed by atoms with E-state index in [2.05, 4.69) is 41.2 Å². The predicted molar refractivity (Wildman–Crippen MR) is 203 cm³/mol. The minimum Gasteiger partial charge on any atom is -0.394 e. The van der Waals surface area contributed by atoms with E-state index in [1.807, 2.05) is 0 Å². The lowest BCUT2D eigenvalue weighted by Crippen LogP contribution is -2.60. The molecule has 20 unspecified atom stereocenters. The Hall–Kier alpha value is -1.08. The first-order chi connectivity index (χ1) is 26.4. The number of aliphatic hydroxyl groups is 8. The van der Waals surface area contributed by atoms with Gasteiger partial charge in [0, 0.05) is 14.2 Å². The normalized spacial score (nSPS) is 46.8. The molecule has 6 aliphatic rings. The SMILES string of the molecule is C=C(CCC(C)C1C(OC2OC(C(O)COC)C(O)C2O)CC2=C3C(OC4OC(C(O)CO)C(OC)C4O)C(O)C4CC(O)CCC4(C)C3CCC21C)C(C)C. The minimum absolute atomic E-state index is 0.0359. The monoisotopic (exact) mass is 798 g/mol. The number of hydrogen-bond acceptors (Lipinski definition) is 14. The van der Waals surface area contributed by atoms with E-state index in [0.29, 0.717) is 31.6 Å². The van der Waals surface area contributed by atoms with E-state index < -0.39 is 97.8 Å². The molecule has 3 saturated carbocycles. The maximum absolute atomic E-state index is 12.5. The van der Waals surface area contributed by atoms with E-state index in [4.69, 9.17) is 28.4 Å². The summed E-state index contributed by atoms with van der Waals surface area (Å²) < 4.78 is 36.2. The fourth-order valence-electron chi connectivity index (χ4n) is 11.8. The van der Waals surface area contributed by atoms with Crippen molar-refractivity contribution in [1.29, 1.82) is 0 Å². The molecule has 8 N–H and O–H groups in total. The van der Waals surface area contributed by atoms with E-state index in [1.54, 1.807) is 0 Å².